The number of halogens is 3. The molecule has 0 bridgehead atoms. The SMILES string of the molecule is COc1ccc(Cl)cc1CC(=O)N(C)CC(=O)Nc1c(Cl)cccc1Cl. The zero-order valence-electron chi connectivity index (χ0n) is 14.2. The van der Waals surface area contributed by atoms with Gasteiger partial charge in [-0.3, -0.25) is 9.59 Å². The molecule has 2 aromatic carbocycles. The van der Waals surface area contributed by atoms with Crippen molar-refractivity contribution in [2.24, 2.45) is 0 Å². The summed E-state index contributed by atoms with van der Waals surface area (Å²) >= 11 is 18.0. The fourth-order valence-corrected chi connectivity index (χ4v) is 2.97. The molecule has 2 amide bonds. The fraction of sp³-hybridized carbons (Fsp3) is 0.222. The minimum Gasteiger partial charge on any atom is -0.496 e. The van der Waals surface area contributed by atoms with Gasteiger partial charge >= 0.3 is 0 Å². The molecule has 2 rings (SSSR count). The number of amides is 2. The summed E-state index contributed by atoms with van der Waals surface area (Å²) in [5.41, 5.74) is 0.963. The quantitative estimate of drug-likeness (QED) is 0.765. The number of carbonyl (C=O) groups is 2. The van der Waals surface area contributed by atoms with Gasteiger partial charge in [-0.25, -0.2) is 0 Å². The topological polar surface area (TPSA) is 58.6 Å². The second-order valence-electron chi connectivity index (χ2n) is 5.53. The molecule has 0 saturated carbocycles. The zero-order chi connectivity index (χ0) is 19.3. The number of benzene rings is 2. The number of anilines is 1. The second-order valence-corrected chi connectivity index (χ2v) is 6.78. The van der Waals surface area contributed by atoms with Gasteiger partial charge in [-0.15, -0.1) is 0 Å². The van der Waals surface area contributed by atoms with E-state index in [-0.39, 0.29) is 18.9 Å². The third-order valence-corrected chi connectivity index (χ3v) is 4.48. The third-order valence-electron chi connectivity index (χ3n) is 3.62. The lowest BCUT2D eigenvalue weighted by Gasteiger charge is -2.18. The first-order valence-corrected chi connectivity index (χ1v) is 8.75. The van der Waals surface area contributed by atoms with Gasteiger partial charge in [-0.05, 0) is 30.3 Å². The van der Waals surface area contributed by atoms with Crippen LogP contribution in [0.2, 0.25) is 15.1 Å². The van der Waals surface area contributed by atoms with Crippen LogP contribution in [-0.4, -0.2) is 37.4 Å². The van der Waals surface area contributed by atoms with Crippen LogP contribution in [0.25, 0.3) is 0 Å². The Morgan fingerprint density at radius 1 is 1.12 bits per heavy atom. The van der Waals surface area contributed by atoms with Gasteiger partial charge in [0.25, 0.3) is 0 Å². The lowest BCUT2D eigenvalue weighted by Crippen LogP contribution is -2.36. The van der Waals surface area contributed by atoms with Crippen LogP contribution in [0.15, 0.2) is 36.4 Å². The molecule has 0 aliphatic rings. The molecule has 26 heavy (non-hydrogen) atoms. The average molecular weight is 416 g/mol. The van der Waals surface area contributed by atoms with Crippen molar-refractivity contribution in [2.75, 3.05) is 26.0 Å². The highest BCUT2D eigenvalue weighted by atomic mass is 35.5. The number of methoxy groups -OCH3 is 1. The predicted octanol–water partition coefficient (Wildman–Crippen LogP) is 4.30. The molecule has 0 saturated heterocycles. The van der Waals surface area contributed by atoms with Gasteiger partial charge in [0, 0.05) is 17.6 Å². The molecule has 0 radical (unpaired) electrons. The van der Waals surface area contributed by atoms with Gasteiger partial charge in [-0.2, -0.15) is 0 Å². The van der Waals surface area contributed by atoms with E-state index in [9.17, 15) is 9.59 Å². The molecule has 0 unspecified atom stereocenters. The fourth-order valence-electron chi connectivity index (χ4n) is 2.28. The second kappa shape index (κ2) is 9.12. The molecule has 0 aromatic heterocycles. The Morgan fingerprint density at radius 2 is 1.77 bits per heavy atom. The number of nitrogens with zero attached hydrogens (tertiary/aromatic N) is 1. The van der Waals surface area contributed by atoms with E-state index in [1.165, 1.54) is 19.1 Å². The van der Waals surface area contributed by atoms with Crippen LogP contribution in [0.4, 0.5) is 5.69 Å². The number of carbonyl (C=O) groups excluding carboxylic acids is 2. The van der Waals surface area contributed by atoms with E-state index in [0.717, 1.165) is 0 Å². The summed E-state index contributed by atoms with van der Waals surface area (Å²) in [5, 5.41) is 3.76. The smallest absolute Gasteiger partial charge is 0.244 e. The molecule has 8 heteroatoms. The van der Waals surface area contributed by atoms with E-state index in [1.807, 2.05) is 0 Å². The Labute approximate surface area is 166 Å². The molecule has 0 fully saturated rings. The predicted molar refractivity (Wildman–Crippen MR) is 104 cm³/mol. The van der Waals surface area contributed by atoms with Gasteiger partial charge in [0.05, 0.1) is 35.8 Å². The van der Waals surface area contributed by atoms with Gasteiger partial charge in [0.2, 0.25) is 11.8 Å². The molecular weight excluding hydrogens is 399 g/mol. The van der Waals surface area contributed by atoms with Crippen LogP contribution in [0.5, 0.6) is 5.75 Å². The number of hydrogen-bond acceptors (Lipinski definition) is 3. The largest absolute Gasteiger partial charge is 0.496 e. The summed E-state index contributed by atoms with van der Waals surface area (Å²) in [4.78, 5) is 25.9. The number of rotatable bonds is 6. The summed E-state index contributed by atoms with van der Waals surface area (Å²) in [6.07, 6.45) is 0.0559. The van der Waals surface area contributed by atoms with Crippen LogP contribution in [-0.2, 0) is 16.0 Å². The Hall–Kier alpha value is -1.95. The lowest BCUT2D eigenvalue weighted by molar-refractivity contribution is -0.132. The van der Waals surface area contributed by atoms with Crippen LogP contribution in [0.3, 0.4) is 0 Å². The standard InChI is InChI=1S/C18H17Cl3N2O3/c1-23(10-16(24)22-18-13(20)4-3-5-14(18)21)17(25)9-11-8-12(19)6-7-15(11)26-2/h3-8H,9-10H2,1-2H3,(H,22,24). The highest BCUT2D eigenvalue weighted by Gasteiger charge is 2.17. The van der Waals surface area contributed by atoms with Crippen molar-refractivity contribution >= 4 is 52.3 Å². The Bertz CT molecular complexity index is 807. The van der Waals surface area contributed by atoms with Gasteiger partial charge in [0.15, 0.2) is 0 Å². The van der Waals surface area contributed by atoms with Crippen LogP contribution in [0.1, 0.15) is 5.56 Å². The summed E-state index contributed by atoms with van der Waals surface area (Å²) < 4.78 is 5.23. The van der Waals surface area contributed by atoms with Crippen molar-refractivity contribution in [1.29, 1.82) is 0 Å². The summed E-state index contributed by atoms with van der Waals surface area (Å²) in [7, 11) is 3.05. The van der Waals surface area contributed by atoms with Crippen molar-refractivity contribution in [1.82, 2.24) is 4.90 Å². The number of ether oxygens (including phenoxy) is 1. The Kier molecular flexibility index (Phi) is 7.14. The van der Waals surface area contributed by atoms with Gasteiger partial charge < -0.3 is 15.0 Å². The Morgan fingerprint density at radius 3 is 2.38 bits per heavy atom. The molecule has 2 aromatic rings. The average Bonchev–Trinajstić information content (AvgIpc) is 2.58. The first kappa shape index (κ1) is 20.4. The van der Waals surface area contributed by atoms with Crippen LogP contribution < -0.4 is 10.1 Å². The summed E-state index contributed by atoms with van der Waals surface area (Å²) in [5.74, 6) is -0.108. The number of para-hydroxylation sites is 1. The Balaban J connectivity index is 2.01. The number of likely N-dealkylation sites (N-methyl/N-ethyl adjacent to an activating group) is 1. The van der Waals surface area contributed by atoms with Gasteiger partial charge in [0.1, 0.15) is 5.75 Å². The maximum atomic E-state index is 12.4. The van der Waals surface area contributed by atoms with Gasteiger partial charge in [-0.1, -0.05) is 40.9 Å². The molecule has 0 atom stereocenters. The van der Waals surface area contributed by atoms with E-state index < -0.39 is 5.91 Å². The van der Waals surface area contributed by atoms with Crippen molar-refractivity contribution < 1.29 is 14.3 Å². The maximum absolute atomic E-state index is 12.4. The first-order chi connectivity index (χ1) is 12.3. The van der Waals surface area contributed by atoms with E-state index in [4.69, 9.17) is 39.5 Å². The molecule has 0 spiro atoms. The normalized spacial score (nSPS) is 10.3. The van der Waals surface area contributed by atoms with Crippen LogP contribution >= 0.6 is 34.8 Å². The molecule has 5 nitrogen and oxygen atoms in total. The monoisotopic (exact) mass is 414 g/mol. The zero-order valence-corrected chi connectivity index (χ0v) is 16.5. The first-order valence-electron chi connectivity index (χ1n) is 7.62. The minimum atomic E-state index is -0.408. The lowest BCUT2D eigenvalue weighted by atomic mass is 10.1. The molecule has 0 aliphatic heterocycles. The maximum Gasteiger partial charge on any atom is 0.244 e. The highest BCUT2D eigenvalue weighted by molar-refractivity contribution is 6.39. The summed E-state index contributed by atoms with van der Waals surface area (Å²) in [6, 6.07) is 9.94. The molecular formula is C18H17Cl3N2O3. The van der Waals surface area contributed by atoms with E-state index in [0.29, 0.717) is 32.1 Å². The molecule has 1 N–H and O–H groups in total. The summed E-state index contributed by atoms with van der Waals surface area (Å²) in [6.45, 7) is -0.150. The molecule has 0 heterocycles. The van der Waals surface area contributed by atoms with E-state index in [2.05, 4.69) is 5.32 Å². The van der Waals surface area contributed by atoms with Crippen molar-refractivity contribution in [3.8, 4) is 5.75 Å². The molecule has 138 valence electrons. The van der Waals surface area contributed by atoms with Crippen LogP contribution in [0, 0.1) is 0 Å². The van der Waals surface area contributed by atoms with E-state index >= 15 is 0 Å². The van der Waals surface area contributed by atoms with Crippen molar-refractivity contribution in [3.05, 3.63) is 57.0 Å². The van der Waals surface area contributed by atoms with E-state index in [1.54, 1.807) is 36.4 Å². The van der Waals surface area contributed by atoms with Crippen molar-refractivity contribution in [2.45, 2.75) is 6.42 Å². The number of hydrogen-bond donors (Lipinski definition) is 1. The number of nitrogens with one attached hydrogen (secondary N) is 1. The molecule has 0 aliphatic carbocycles. The minimum absolute atomic E-state index is 0.0559. The third kappa shape index (κ3) is 5.27. The van der Waals surface area contributed by atoms with Crippen molar-refractivity contribution in [3.63, 3.8) is 0 Å². The highest BCUT2D eigenvalue weighted by Crippen LogP contribution is 2.29.